The molecule has 5 nitrogen and oxygen atoms in total. The van der Waals surface area contributed by atoms with Gasteiger partial charge in [0, 0.05) is 31.9 Å². The van der Waals surface area contributed by atoms with Gasteiger partial charge >= 0.3 is 0 Å². The van der Waals surface area contributed by atoms with Crippen LogP contribution >= 0.6 is 0 Å². The monoisotopic (exact) mass is 256 g/mol. The molecule has 1 aromatic carbocycles. The minimum atomic E-state index is -0.0552. The average Bonchev–Trinajstić information content (AvgIpc) is 3.03. The van der Waals surface area contributed by atoms with E-state index in [0.717, 1.165) is 18.8 Å². The van der Waals surface area contributed by atoms with Crippen molar-refractivity contribution in [2.24, 2.45) is 7.05 Å². The lowest BCUT2D eigenvalue weighted by Crippen LogP contribution is -2.23. The molecule has 1 aromatic heterocycles. The van der Waals surface area contributed by atoms with E-state index < -0.39 is 0 Å². The topological polar surface area (TPSA) is 59.0 Å². The van der Waals surface area contributed by atoms with E-state index in [2.05, 4.69) is 15.7 Å². The van der Waals surface area contributed by atoms with Gasteiger partial charge in [-0.05, 0) is 29.3 Å². The van der Waals surface area contributed by atoms with Crippen LogP contribution in [0.2, 0.25) is 0 Å². The van der Waals surface area contributed by atoms with Crippen molar-refractivity contribution in [3.63, 3.8) is 0 Å². The Morgan fingerprint density at radius 3 is 3.00 bits per heavy atom. The number of amides is 1. The average molecular weight is 256 g/mol. The van der Waals surface area contributed by atoms with E-state index in [0.29, 0.717) is 12.1 Å². The maximum atomic E-state index is 12.1. The zero-order chi connectivity index (χ0) is 13.2. The molecule has 1 amide bonds. The summed E-state index contributed by atoms with van der Waals surface area (Å²) in [7, 11) is 1.86. The molecule has 3 rings (SSSR count). The van der Waals surface area contributed by atoms with Gasteiger partial charge in [0.05, 0.1) is 12.2 Å². The molecule has 0 spiro atoms. The highest BCUT2D eigenvalue weighted by atomic mass is 16.1. The zero-order valence-corrected chi connectivity index (χ0v) is 10.8. The van der Waals surface area contributed by atoms with Gasteiger partial charge in [-0.25, -0.2) is 0 Å². The van der Waals surface area contributed by atoms with Gasteiger partial charge < -0.3 is 10.6 Å². The Balaban J connectivity index is 1.67. The molecule has 0 fully saturated rings. The molecule has 0 radical (unpaired) electrons. The summed E-state index contributed by atoms with van der Waals surface area (Å²) in [4.78, 5) is 12.1. The number of hydrogen-bond donors (Lipinski definition) is 2. The van der Waals surface area contributed by atoms with Crippen molar-refractivity contribution in [2.45, 2.75) is 19.6 Å². The number of nitrogens with zero attached hydrogens (tertiary/aromatic N) is 2. The third-order valence-electron chi connectivity index (χ3n) is 3.30. The van der Waals surface area contributed by atoms with Crippen LogP contribution in [0, 0.1) is 0 Å². The lowest BCUT2D eigenvalue weighted by atomic mass is 10.1. The smallest absolute Gasteiger partial charge is 0.251 e. The molecule has 2 heterocycles. The van der Waals surface area contributed by atoms with Gasteiger partial charge in [0.1, 0.15) is 0 Å². The molecular formula is C14H16N4O. The number of carbonyl (C=O) groups excluding carboxylic acids is 1. The molecule has 5 heteroatoms. The van der Waals surface area contributed by atoms with E-state index in [1.165, 1.54) is 11.1 Å². The van der Waals surface area contributed by atoms with Gasteiger partial charge in [0.15, 0.2) is 0 Å². The fourth-order valence-electron chi connectivity index (χ4n) is 2.27. The van der Waals surface area contributed by atoms with Crippen molar-refractivity contribution in [1.82, 2.24) is 20.4 Å². The molecule has 2 aromatic rings. The number of fused-ring (bicyclic) bond motifs is 1. The number of aromatic nitrogens is 2. The van der Waals surface area contributed by atoms with Gasteiger partial charge in [-0.2, -0.15) is 5.10 Å². The summed E-state index contributed by atoms with van der Waals surface area (Å²) in [6.45, 7) is 2.19. The first-order valence-corrected chi connectivity index (χ1v) is 6.31. The van der Waals surface area contributed by atoms with Crippen LogP contribution < -0.4 is 10.6 Å². The molecule has 0 aliphatic carbocycles. The standard InChI is InChI=1S/C14H16N4O/c1-18-5-4-13(17-18)9-16-14(19)10-2-3-11-7-15-8-12(11)6-10/h2-6,15H,7-9H2,1H3,(H,16,19). The van der Waals surface area contributed by atoms with Crippen molar-refractivity contribution in [3.05, 3.63) is 52.8 Å². The highest BCUT2D eigenvalue weighted by Crippen LogP contribution is 2.16. The van der Waals surface area contributed by atoms with Crippen molar-refractivity contribution in [1.29, 1.82) is 0 Å². The molecular weight excluding hydrogens is 240 g/mol. The SMILES string of the molecule is Cn1ccc(CNC(=O)c2ccc3c(c2)CNC3)n1. The molecule has 0 atom stereocenters. The fourth-order valence-corrected chi connectivity index (χ4v) is 2.27. The Morgan fingerprint density at radius 2 is 2.21 bits per heavy atom. The lowest BCUT2D eigenvalue weighted by Gasteiger charge is -2.05. The maximum Gasteiger partial charge on any atom is 0.251 e. The van der Waals surface area contributed by atoms with Crippen LogP contribution in [0.4, 0.5) is 0 Å². The normalized spacial score (nSPS) is 13.3. The molecule has 0 bridgehead atoms. The van der Waals surface area contributed by atoms with Crippen molar-refractivity contribution in [3.8, 4) is 0 Å². The molecule has 0 unspecified atom stereocenters. The quantitative estimate of drug-likeness (QED) is 0.859. The van der Waals surface area contributed by atoms with E-state index in [9.17, 15) is 4.79 Å². The predicted molar refractivity (Wildman–Crippen MR) is 71.4 cm³/mol. The van der Waals surface area contributed by atoms with Gasteiger partial charge in [0.25, 0.3) is 5.91 Å². The van der Waals surface area contributed by atoms with Crippen LogP contribution in [-0.4, -0.2) is 15.7 Å². The fraction of sp³-hybridized carbons (Fsp3) is 0.286. The Morgan fingerprint density at radius 1 is 1.37 bits per heavy atom. The summed E-state index contributed by atoms with van der Waals surface area (Å²) in [6.07, 6.45) is 1.86. The highest BCUT2D eigenvalue weighted by Gasteiger charge is 2.13. The summed E-state index contributed by atoms with van der Waals surface area (Å²) in [5, 5.41) is 10.4. The van der Waals surface area contributed by atoms with Crippen LogP contribution in [-0.2, 0) is 26.7 Å². The Hall–Kier alpha value is -2.14. The summed E-state index contributed by atoms with van der Waals surface area (Å²) >= 11 is 0. The Labute approximate surface area is 111 Å². The number of rotatable bonds is 3. The van der Waals surface area contributed by atoms with Crippen LogP contribution in [0.25, 0.3) is 0 Å². The lowest BCUT2D eigenvalue weighted by molar-refractivity contribution is 0.0950. The first kappa shape index (κ1) is 11.9. The third kappa shape index (κ3) is 2.51. The first-order valence-electron chi connectivity index (χ1n) is 6.31. The maximum absolute atomic E-state index is 12.1. The molecule has 19 heavy (non-hydrogen) atoms. The third-order valence-corrected chi connectivity index (χ3v) is 3.30. The minimum Gasteiger partial charge on any atom is -0.346 e. The summed E-state index contributed by atoms with van der Waals surface area (Å²) in [5.74, 6) is -0.0552. The largest absolute Gasteiger partial charge is 0.346 e. The number of hydrogen-bond acceptors (Lipinski definition) is 3. The van der Waals surface area contributed by atoms with E-state index in [-0.39, 0.29) is 5.91 Å². The van der Waals surface area contributed by atoms with Crippen LogP contribution in [0.3, 0.4) is 0 Å². The molecule has 0 saturated carbocycles. The second kappa shape index (κ2) is 4.85. The molecule has 1 aliphatic rings. The van der Waals surface area contributed by atoms with Crippen molar-refractivity contribution in [2.75, 3.05) is 0 Å². The Bertz CT molecular complexity index is 618. The number of benzene rings is 1. The Kier molecular flexibility index (Phi) is 3.05. The second-order valence-electron chi connectivity index (χ2n) is 4.75. The number of nitrogens with one attached hydrogen (secondary N) is 2. The van der Waals surface area contributed by atoms with E-state index in [1.807, 2.05) is 37.5 Å². The molecule has 98 valence electrons. The van der Waals surface area contributed by atoms with Gasteiger partial charge in [-0.1, -0.05) is 6.07 Å². The minimum absolute atomic E-state index is 0.0552. The predicted octanol–water partition coefficient (Wildman–Crippen LogP) is 0.953. The van der Waals surface area contributed by atoms with Crippen LogP contribution in [0.1, 0.15) is 27.2 Å². The first-order chi connectivity index (χ1) is 9.22. The van der Waals surface area contributed by atoms with E-state index >= 15 is 0 Å². The molecule has 0 saturated heterocycles. The van der Waals surface area contributed by atoms with Gasteiger partial charge in [0.2, 0.25) is 0 Å². The summed E-state index contributed by atoms with van der Waals surface area (Å²) in [6, 6.07) is 7.75. The summed E-state index contributed by atoms with van der Waals surface area (Å²) < 4.78 is 1.72. The molecule has 1 aliphatic heterocycles. The van der Waals surface area contributed by atoms with Crippen LogP contribution in [0.15, 0.2) is 30.5 Å². The van der Waals surface area contributed by atoms with Gasteiger partial charge in [-0.3, -0.25) is 9.48 Å². The van der Waals surface area contributed by atoms with Gasteiger partial charge in [-0.15, -0.1) is 0 Å². The molecule has 2 N–H and O–H groups in total. The van der Waals surface area contributed by atoms with E-state index in [4.69, 9.17) is 0 Å². The number of carbonyl (C=O) groups is 1. The van der Waals surface area contributed by atoms with E-state index in [1.54, 1.807) is 4.68 Å². The van der Waals surface area contributed by atoms with Crippen molar-refractivity contribution >= 4 is 5.91 Å². The highest BCUT2D eigenvalue weighted by molar-refractivity contribution is 5.94. The number of aryl methyl sites for hydroxylation is 1. The second-order valence-corrected chi connectivity index (χ2v) is 4.75. The van der Waals surface area contributed by atoms with Crippen LogP contribution in [0.5, 0.6) is 0 Å². The zero-order valence-electron chi connectivity index (χ0n) is 10.8. The van der Waals surface area contributed by atoms with Crippen molar-refractivity contribution < 1.29 is 4.79 Å². The summed E-state index contributed by atoms with van der Waals surface area (Å²) in [5.41, 5.74) is 4.06.